The zero-order chi connectivity index (χ0) is 32.2. The van der Waals surface area contributed by atoms with Gasteiger partial charge in [-0.1, -0.05) is 70.6 Å². The van der Waals surface area contributed by atoms with Gasteiger partial charge in [0.1, 0.15) is 0 Å². The van der Waals surface area contributed by atoms with Crippen molar-refractivity contribution >= 4 is 17.7 Å². The Bertz CT molecular complexity index is 1270. The molecule has 6 atom stereocenters. The summed E-state index contributed by atoms with van der Waals surface area (Å²) in [5.74, 6) is 0.904. The number of aliphatic hydroxyl groups is 2. The maximum atomic E-state index is 11.5. The van der Waals surface area contributed by atoms with E-state index in [1.165, 1.54) is 12.5 Å². The van der Waals surface area contributed by atoms with Gasteiger partial charge in [0.05, 0.1) is 11.5 Å². The number of aliphatic hydroxyl groups excluding tert-OH is 2. The number of thioether (sulfide) groups is 1. The summed E-state index contributed by atoms with van der Waals surface area (Å²) >= 11 is 1.83. The minimum atomic E-state index is -0.369. The molecule has 5 nitrogen and oxygen atoms in total. The van der Waals surface area contributed by atoms with Gasteiger partial charge in [0.2, 0.25) is 5.91 Å². The third-order valence-electron chi connectivity index (χ3n) is 9.95. The van der Waals surface area contributed by atoms with E-state index in [0.717, 1.165) is 44.2 Å². The Labute approximate surface area is 265 Å². The predicted molar refractivity (Wildman–Crippen MR) is 180 cm³/mol. The molecule has 3 N–H and O–H groups in total. The Kier molecular flexibility index (Phi) is 11.3. The van der Waals surface area contributed by atoms with Gasteiger partial charge in [0, 0.05) is 28.5 Å². The van der Waals surface area contributed by atoms with Crippen LogP contribution in [0.5, 0.6) is 0 Å². The van der Waals surface area contributed by atoms with Crippen LogP contribution in [0, 0.1) is 45.3 Å². The van der Waals surface area contributed by atoms with Crippen molar-refractivity contribution in [1.82, 2.24) is 5.32 Å². The second kappa shape index (κ2) is 14.0. The molecule has 1 amide bonds. The van der Waals surface area contributed by atoms with Crippen LogP contribution >= 0.6 is 11.8 Å². The molecule has 6 heteroatoms. The molecule has 1 saturated carbocycles. The zero-order valence-corrected chi connectivity index (χ0v) is 28.6. The summed E-state index contributed by atoms with van der Waals surface area (Å²) in [4.78, 5) is 11.5. The van der Waals surface area contributed by atoms with Crippen LogP contribution in [-0.4, -0.2) is 26.6 Å². The Morgan fingerprint density at radius 2 is 1.84 bits per heavy atom. The summed E-state index contributed by atoms with van der Waals surface area (Å²) in [6.45, 7) is 19.3. The van der Waals surface area contributed by atoms with E-state index in [2.05, 4.69) is 90.2 Å². The number of hydrogen-bond donors (Lipinski definition) is 3. The number of fused-ring (bicyclic) bond motifs is 1. The number of nitrogens with zero attached hydrogens (tertiary/aromatic N) is 1. The third kappa shape index (κ3) is 9.17. The molecule has 43 heavy (non-hydrogen) atoms. The van der Waals surface area contributed by atoms with Crippen LogP contribution < -0.4 is 5.32 Å². The third-order valence-corrected chi connectivity index (χ3v) is 11.2. The molecule has 1 fully saturated rings. The minimum Gasteiger partial charge on any atom is -0.504 e. The number of nitrogens with one attached hydrogen (secondary N) is 1. The molecule has 0 aliphatic heterocycles. The smallest absolute Gasteiger partial charge is 0.221 e. The number of hydrogen-bond acceptors (Lipinski definition) is 5. The Morgan fingerprint density at radius 1 is 1.14 bits per heavy atom. The van der Waals surface area contributed by atoms with Crippen molar-refractivity contribution in [2.45, 2.75) is 111 Å². The molecular weight excluding hydrogens is 552 g/mol. The number of nitriles is 1. The van der Waals surface area contributed by atoms with Gasteiger partial charge in [0.25, 0.3) is 0 Å². The fourth-order valence-corrected chi connectivity index (χ4v) is 8.40. The molecule has 236 valence electrons. The topological polar surface area (TPSA) is 93.4 Å². The van der Waals surface area contributed by atoms with Crippen LogP contribution in [0.15, 0.2) is 70.9 Å². The molecule has 0 spiro atoms. The van der Waals surface area contributed by atoms with E-state index in [0.29, 0.717) is 23.3 Å². The summed E-state index contributed by atoms with van der Waals surface area (Å²) in [6, 6.07) is 2.55. The molecule has 2 unspecified atom stereocenters. The molecule has 3 aliphatic rings. The van der Waals surface area contributed by atoms with E-state index in [1.807, 2.05) is 24.8 Å². The lowest BCUT2D eigenvalue weighted by atomic mass is 9.60. The van der Waals surface area contributed by atoms with Crippen LogP contribution in [0.25, 0.3) is 0 Å². The highest BCUT2D eigenvalue weighted by atomic mass is 32.2. The molecule has 0 aromatic carbocycles. The van der Waals surface area contributed by atoms with E-state index in [-0.39, 0.29) is 44.2 Å². The molecule has 0 heterocycles. The average molecular weight is 607 g/mol. The summed E-state index contributed by atoms with van der Waals surface area (Å²) in [6.07, 6.45) is 20.2. The zero-order valence-electron chi connectivity index (χ0n) is 27.8. The number of carbonyl (C=O) groups excluding carboxylic acids is 1. The summed E-state index contributed by atoms with van der Waals surface area (Å²) in [5, 5.41) is 34.7. The Morgan fingerprint density at radius 3 is 2.44 bits per heavy atom. The van der Waals surface area contributed by atoms with Crippen molar-refractivity contribution in [2.24, 2.45) is 34.0 Å². The Hall–Kier alpha value is -2.65. The van der Waals surface area contributed by atoms with Crippen molar-refractivity contribution < 1.29 is 15.0 Å². The lowest BCUT2D eigenvalue weighted by Crippen LogP contribution is -2.36. The van der Waals surface area contributed by atoms with Crippen molar-refractivity contribution in [3.63, 3.8) is 0 Å². The van der Waals surface area contributed by atoms with E-state index >= 15 is 0 Å². The first-order chi connectivity index (χ1) is 20.0. The summed E-state index contributed by atoms with van der Waals surface area (Å²) < 4.78 is 0. The average Bonchev–Trinajstić information content (AvgIpc) is 2.94. The number of rotatable bonds is 5. The van der Waals surface area contributed by atoms with E-state index in [4.69, 9.17) is 0 Å². The van der Waals surface area contributed by atoms with E-state index in [1.54, 1.807) is 6.08 Å². The van der Waals surface area contributed by atoms with Gasteiger partial charge >= 0.3 is 0 Å². The Balaban J connectivity index is 2.04. The molecule has 3 aliphatic carbocycles. The highest BCUT2D eigenvalue weighted by molar-refractivity contribution is 8.01. The SMILES string of the molecule is CC(=O)NC1=CCC(SC2C=C3[C@@H](C)CCC(C)(C)[C@@H](CC(C)(C)C#N)[C@H](C)CC[C@@]3(C)/C=C/C(O)=C(O)\C(C)=C\2)C=C1. The monoisotopic (exact) mass is 606 g/mol. The van der Waals surface area contributed by atoms with Crippen molar-refractivity contribution in [1.29, 1.82) is 5.26 Å². The van der Waals surface area contributed by atoms with Crippen molar-refractivity contribution in [2.75, 3.05) is 0 Å². The van der Waals surface area contributed by atoms with Gasteiger partial charge in [-0.05, 0) is 100 Å². The van der Waals surface area contributed by atoms with Gasteiger partial charge in [0.15, 0.2) is 11.5 Å². The van der Waals surface area contributed by atoms with Crippen LogP contribution in [0.4, 0.5) is 0 Å². The van der Waals surface area contributed by atoms with E-state index < -0.39 is 0 Å². The molecular formula is C37H54N2O3S. The highest BCUT2D eigenvalue weighted by Gasteiger charge is 2.41. The van der Waals surface area contributed by atoms with Gasteiger partial charge < -0.3 is 15.5 Å². The number of allylic oxidation sites excluding steroid dienone is 6. The second-order valence-electron chi connectivity index (χ2n) is 14.8. The van der Waals surface area contributed by atoms with Crippen molar-refractivity contribution in [3.8, 4) is 6.07 Å². The fraction of sp³-hybridized carbons (Fsp3) is 0.622. The lowest BCUT2D eigenvalue weighted by Gasteiger charge is -2.45. The molecule has 0 radical (unpaired) electrons. The first-order valence-corrected chi connectivity index (χ1v) is 16.9. The molecule has 0 aromatic rings. The van der Waals surface area contributed by atoms with Crippen molar-refractivity contribution in [3.05, 3.63) is 70.9 Å². The summed E-state index contributed by atoms with van der Waals surface area (Å²) in [5.41, 5.74) is 2.29. The van der Waals surface area contributed by atoms with E-state index in [9.17, 15) is 20.3 Å². The number of amides is 1. The maximum absolute atomic E-state index is 11.5. The van der Waals surface area contributed by atoms with Crippen LogP contribution in [0.1, 0.15) is 101 Å². The van der Waals surface area contributed by atoms with Gasteiger partial charge in [-0.15, -0.1) is 11.8 Å². The predicted octanol–water partition coefficient (Wildman–Crippen LogP) is 9.64. The second-order valence-corrected chi connectivity index (χ2v) is 16.2. The normalized spacial score (nSPS) is 35.6. The van der Waals surface area contributed by atoms with Gasteiger partial charge in [-0.2, -0.15) is 5.26 Å². The molecule has 3 rings (SSSR count). The molecule has 0 bridgehead atoms. The molecule has 0 saturated heterocycles. The molecule has 0 aromatic heterocycles. The van der Waals surface area contributed by atoms with Gasteiger partial charge in [-0.25, -0.2) is 0 Å². The van der Waals surface area contributed by atoms with Crippen LogP contribution in [-0.2, 0) is 4.79 Å². The van der Waals surface area contributed by atoms with Gasteiger partial charge in [-0.3, -0.25) is 4.79 Å². The first-order valence-electron chi connectivity index (χ1n) is 15.9. The first kappa shape index (κ1) is 34.8. The fourth-order valence-electron chi connectivity index (χ4n) is 7.11. The largest absolute Gasteiger partial charge is 0.504 e. The highest BCUT2D eigenvalue weighted by Crippen LogP contribution is 2.51. The summed E-state index contributed by atoms with van der Waals surface area (Å²) in [7, 11) is 0. The number of carbonyl (C=O) groups is 1. The maximum Gasteiger partial charge on any atom is 0.221 e. The van der Waals surface area contributed by atoms with Crippen LogP contribution in [0.2, 0.25) is 0 Å². The standard InChI is InChI=1S/C37H54N2O3S/c1-24-14-17-36(7,8)32(22-35(5,6)23-38)25(2)15-18-37(9)19-16-33(41)34(42)26(3)20-30(21-31(24)37)43-29-12-10-28(11-13-29)39-27(4)40/h10-12,16,19-21,24-25,29-30,32,41-42H,13-15,17-18,22H2,1-9H3,(H,39,40)/b19-16+,26-20+,31-21?,34-33-/t24-,25+,29?,30?,32-,37-/m0/s1. The van der Waals surface area contributed by atoms with Crippen LogP contribution in [0.3, 0.4) is 0 Å². The quantitative estimate of drug-likeness (QED) is 0.271. The lowest BCUT2D eigenvalue weighted by molar-refractivity contribution is -0.118. The minimum absolute atomic E-state index is 0.0128.